The summed E-state index contributed by atoms with van der Waals surface area (Å²) in [6.45, 7) is 6.33. The van der Waals surface area contributed by atoms with Gasteiger partial charge in [-0.2, -0.15) is 0 Å². The van der Waals surface area contributed by atoms with Crippen LogP contribution in [0.5, 0.6) is 0 Å². The average molecular weight is 304 g/mol. The Bertz CT molecular complexity index is 559. The van der Waals surface area contributed by atoms with Gasteiger partial charge in [-0.15, -0.1) is 0 Å². The van der Waals surface area contributed by atoms with Crippen molar-refractivity contribution >= 4 is 15.7 Å². The number of nitrogens with one attached hydrogen (secondary N) is 1. The largest absolute Gasteiger partial charge is 0.399 e. The number of hydrogen-bond acceptors (Lipinski definition) is 4. The van der Waals surface area contributed by atoms with E-state index in [1.807, 2.05) is 13.8 Å². The monoisotopic (exact) mass is 304 g/mol. The van der Waals surface area contributed by atoms with Crippen LogP contribution in [0.2, 0.25) is 0 Å². The lowest BCUT2D eigenvalue weighted by atomic mass is 10.2. The van der Waals surface area contributed by atoms with Gasteiger partial charge in [0.1, 0.15) is 10.7 Å². The second kappa shape index (κ2) is 7.01. The maximum absolute atomic E-state index is 13.9. The second-order valence-corrected chi connectivity index (χ2v) is 6.75. The molecule has 0 saturated heterocycles. The predicted molar refractivity (Wildman–Crippen MR) is 76.4 cm³/mol. The van der Waals surface area contributed by atoms with Gasteiger partial charge in [0, 0.05) is 18.8 Å². The van der Waals surface area contributed by atoms with Gasteiger partial charge in [0.05, 0.1) is 6.61 Å². The fourth-order valence-electron chi connectivity index (χ4n) is 1.60. The van der Waals surface area contributed by atoms with E-state index in [1.165, 1.54) is 13.0 Å². The van der Waals surface area contributed by atoms with E-state index >= 15 is 0 Å². The van der Waals surface area contributed by atoms with Crippen molar-refractivity contribution in [3.63, 3.8) is 0 Å². The topological polar surface area (TPSA) is 81.4 Å². The Hall–Kier alpha value is -1.18. The lowest BCUT2D eigenvalue weighted by Crippen LogP contribution is -2.28. The number of nitrogen functional groups attached to an aromatic ring is 1. The van der Waals surface area contributed by atoms with Gasteiger partial charge in [-0.05, 0) is 30.5 Å². The molecule has 0 amide bonds. The standard InChI is InChI=1S/C13H21FN2O3S/c1-9(2)8-19-5-4-16-20(17,18)12-7-11(15)6-10(3)13(12)14/h6-7,9,16H,4-5,8,15H2,1-3H3. The van der Waals surface area contributed by atoms with Crippen LogP contribution in [0.4, 0.5) is 10.1 Å². The smallest absolute Gasteiger partial charge is 0.243 e. The van der Waals surface area contributed by atoms with Crippen LogP contribution in [0.15, 0.2) is 17.0 Å². The van der Waals surface area contributed by atoms with Gasteiger partial charge in [0.15, 0.2) is 0 Å². The van der Waals surface area contributed by atoms with E-state index in [4.69, 9.17) is 10.5 Å². The van der Waals surface area contributed by atoms with Crippen molar-refractivity contribution in [2.24, 2.45) is 5.92 Å². The first-order valence-electron chi connectivity index (χ1n) is 6.37. The van der Waals surface area contributed by atoms with Crippen molar-refractivity contribution in [3.8, 4) is 0 Å². The number of rotatable bonds is 7. The summed E-state index contributed by atoms with van der Waals surface area (Å²) in [6, 6.07) is 2.50. The quantitative estimate of drug-likeness (QED) is 0.593. The summed E-state index contributed by atoms with van der Waals surface area (Å²) in [6.07, 6.45) is 0. The van der Waals surface area contributed by atoms with Crippen LogP contribution in [-0.2, 0) is 14.8 Å². The summed E-state index contributed by atoms with van der Waals surface area (Å²) in [5, 5.41) is 0. The van der Waals surface area contributed by atoms with Gasteiger partial charge in [0.2, 0.25) is 10.0 Å². The molecule has 5 nitrogen and oxygen atoms in total. The number of sulfonamides is 1. The predicted octanol–water partition coefficient (Wildman–Crippen LogP) is 1.67. The van der Waals surface area contributed by atoms with Gasteiger partial charge >= 0.3 is 0 Å². The van der Waals surface area contributed by atoms with Crippen LogP contribution >= 0.6 is 0 Å². The fraction of sp³-hybridized carbons (Fsp3) is 0.538. The van der Waals surface area contributed by atoms with Gasteiger partial charge in [-0.3, -0.25) is 0 Å². The molecule has 0 aromatic heterocycles. The van der Waals surface area contributed by atoms with E-state index in [-0.39, 0.29) is 24.4 Å². The number of anilines is 1. The molecular formula is C13H21FN2O3S. The molecule has 0 spiro atoms. The third-order valence-corrected chi connectivity index (χ3v) is 3.98. The molecule has 0 heterocycles. The minimum Gasteiger partial charge on any atom is -0.399 e. The third-order valence-electron chi connectivity index (χ3n) is 2.52. The summed E-state index contributed by atoms with van der Waals surface area (Å²) < 4.78 is 45.4. The molecule has 0 unspecified atom stereocenters. The zero-order valence-corrected chi connectivity index (χ0v) is 12.8. The first kappa shape index (κ1) is 16.9. The van der Waals surface area contributed by atoms with E-state index in [0.717, 1.165) is 6.07 Å². The molecule has 20 heavy (non-hydrogen) atoms. The van der Waals surface area contributed by atoms with Gasteiger partial charge in [0.25, 0.3) is 0 Å². The van der Waals surface area contributed by atoms with E-state index in [1.54, 1.807) is 0 Å². The van der Waals surface area contributed by atoms with Crippen molar-refractivity contribution in [3.05, 3.63) is 23.5 Å². The summed E-state index contributed by atoms with van der Waals surface area (Å²) in [7, 11) is -3.92. The number of halogens is 1. The highest BCUT2D eigenvalue weighted by molar-refractivity contribution is 7.89. The number of nitrogens with two attached hydrogens (primary N) is 1. The Balaban J connectivity index is 2.70. The van der Waals surface area contributed by atoms with Crippen molar-refractivity contribution in [1.82, 2.24) is 4.72 Å². The summed E-state index contributed by atoms with van der Waals surface area (Å²) in [5.74, 6) is -0.407. The van der Waals surface area contributed by atoms with Crippen LogP contribution in [0.1, 0.15) is 19.4 Å². The average Bonchev–Trinajstić information content (AvgIpc) is 2.32. The Morgan fingerprint density at radius 1 is 1.40 bits per heavy atom. The molecule has 0 fully saturated rings. The zero-order valence-electron chi connectivity index (χ0n) is 11.9. The molecule has 1 aromatic rings. The van der Waals surface area contributed by atoms with Crippen molar-refractivity contribution in [1.29, 1.82) is 0 Å². The van der Waals surface area contributed by atoms with Crippen LogP contribution in [-0.4, -0.2) is 28.2 Å². The maximum atomic E-state index is 13.9. The molecule has 114 valence electrons. The first-order valence-corrected chi connectivity index (χ1v) is 7.85. The summed E-state index contributed by atoms with van der Waals surface area (Å²) in [5.41, 5.74) is 5.96. The second-order valence-electron chi connectivity index (χ2n) is 5.02. The molecular weight excluding hydrogens is 283 g/mol. The van der Waals surface area contributed by atoms with Crippen molar-refractivity contribution < 1.29 is 17.5 Å². The van der Waals surface area contributed by atoms with Crippen molar-refractivity contribution in [2.75, 3.05) is 25.5 Å². The SMILES string of the molecule is Cc1cc(N)cc(S(=O)(=O)NCCOCC(C)C)c1F. The maximum Gasteiger partial charge on any atom is 0.243 e. The lowest BCUT2D eigenvalue weighted by molar-refractivity contribution is 0.114. The highest BCUT2D eigenvalue weighted by Gasteiger charge is 2.20. The van der Waals surface area contributed by atoms with Crippen LogP contribution in [0, 0.1) is 18.7 Å². The molecule has 0 atom stereocenters. The van der Waals surface area contributed by atoms with Crippen molar-refractivity contribution in [2.45, 2.75) is 25.7 Å². The fourth-order valence-corrected chi connectivity index (χ4v) is 2.80. The Morgan fingerprint density at radius 2 is 2.05 bits per heavy atom. The third kappa shape index (κ3) is 4.73. The molecule has 0 saturated carbocycles. The summed E-state index contributed by atoms with van der Waals surface area (Å²) >= 11 is 0. The Kier molecular flexibility index (Phi) is 5.91. The molecule has 0 aliphatic carbocycles. The number of aryl methyl sites for hydroxylation is 1. The summed E-state index contributed by atoms with van der Waals surface area (Å²) in [4.78, 5) is -0.432. The van der Waals surface area contributed by atoms with E-state index in [9.17, 15) is 12.8 Å². The molecule has 1 aromatic carbocycles. The Morgan fingerprint density at radius 3 is 2.65 bits per heavy atom. The molecule has 0 aliphatic rings. The van der Waals surface area contributed by atoms with Gasteiger partial charge in [-0.1, -0.05) is 13.8 Å². The normalized spacial score (nSPS) is 12.1. The minimum atomic E-state index is -3.92. The first-order chi connectivity index (χ1) is 9.24. The molecule has 1 rings (SSSR count). The van der Waals surface area contributed by atoms with E-state index in [0.29, 0.717) is 12.5 Å². The Labute approximate surface area is 119 Å². The molecule has 0 bridgehead atoms. The van der Waals surface area contributed by atoms with Gasteiger partial charge in [-0.25, -0.2) is 17.5 Å². The molecule has 3 N–H and O–H groups in total. The van der Waals surface area contributed by atoms with Gasteiger partial charge < -0.3 is 10.5 Å². The number of ether oxygens (including phenoxy) is 1. The van der Waals surface area contributed by atoms with E-state index in [2.05, 4.69) is 4.72 Å². The number of benzene rings is 1. The van der Waals surface area contributed by atoms with Crippen LogP contribution < -0.4 is 10.5 Å². The number of hydrogen-bond donors (Lipinski definition) is 2. The van der Waals surface area contributed by atoms with Crippen LogP contribution in [0.25, 0.3) is 0 Å². The highest BCUT2D eigenvalue weighted by atomic mass is 32.2. The molecule has 0 aliphatic heterocycles. The van der Waals surface area contributed by atoms with E-state index < -0.39 is 20.7 Å². The zero-order chi connectivity index (χ0) is 15.3. The van der Waals surface area contributed by atoms with Crippen LogP contribution in [0.3, 0.4) is 0 Å². The highest BCUT2D eigenvalue weighted by Crippen LogP contribution is 2.21. The lowest BCUT2D eigenvalue weighted by Gasteiger charge is -2.11. The molecule has 7 heteroatoms. The minimum absolute atomic E-state index is 0.0857. The molecule has 0 radical (unpaired) electrons.